The Morgan fingerprint density at radius 1 is 0.907 bits per heavy atom. The summed E-state index contributed by atoms with van der Waals surface area (Å²) in [6.45, 7) is 11.5. The van der Waals surface area contributed by atoms with E-state index in [1.807, 2.05) is 52.0 Å². The molecule has 3 aromatic rings. The number of ether oxygens (including phenoxy) is 2. The van der Waals surface area contributed by atoms with E-state index in [4.69, 9.17) is 19.4 Å². The maximum Gasteiger partial charge on any atom is 0.336 e. The highest BCUT2D eigenvalue weighted by molar-refractivity contribution is 6.09. The van der Waals surface area contributed by atoms with Crippen LogP contribution in [0.1, 0.15) is 63.0 Å². The number of anilines is 1. The molecule has 1 aliphatic carbocycles. The van der Waals surface area contributed by atoms with Crippen molar-refractivity contribution in [2.45, 2.75) is 40.8 Å². The minimum absolute atomic E-state index is 0.0248. The molecule has 1 atom stereocenters. The number of aromatic carboxylic acids is 1. The Kier molecular flexibility index (Phi) is 12.9. The third kappa shape index (κ3) is 8.98. The van der Waals surface area contributed by atoms with Crippen molar-refractivity contribution in [3.05, 3.63) is 110 Å². The third-order valence-electron chi connectivity index (χ3n) is 8.58. The molecule has 0 spiro atoms. The largest absolute Gasteiger partial charge is 0.491 e. The van der Waals surface area contributed by atoms with Crippen LogP contribution in [0.2, 0.25) is 0 Å². The molecule has 3 aromatic carbocycles. The van der Waals surface area contributed by atoms with E-state index in [-0.39, 0.29) is 36.7 Å². The molecule has 0 aromatic heterocycles. The lowest BCUT2D eigenvalue weighted by Crippen LogP contribution is -2.34. The molecule has 14 heteroatoms. The Morgan fingerprint density at radius 2 is 1.65 bits per heavy atom. The van der Waals surface area contributed by atoms with Gasteiger partial charge in [0.1, 0.15) is 23.7 Å². The fourth-order valence-corrected chi connectivity index (χ4v) is 6.09. The first-order valence-corrected chi connectivity index (χ1v) is 17.7. The third-order valence-corrected chi connectivity index (χ3v) is 8.58. The lowest BCUT2D eigenvalue weighted by atomic mass is 9.88. The molecule has 54 heavy (non-hydrogen) atoms. The molecule has 1 heterocycles. The van der Waals surface area contributed by atoms with E-state index in [1.165, 1.54) is 12.1 Å². The Hall–Kier alpha value is -6.37. The number of carbonyl (C=O) groups excluding carboxylic acids is 2. The predicted molar refractivity (Wildman–Crippen MR) is 206 cm³/mol. The summed E-state index contributed by atoms with van der Waals surface area (Å²) in [6, 6.07) is 18.7. The number of carboxylic acid groups (broad SMARTS) is 1. The summed E-state index contributed by atoms with van der Waals surface area (Å²) in [5.74, 6) is -1.05. The van der Waals surface area contributed by atoms with E-state index >= 15 is 0 Å². The lowest BCUT2D eigenvalue weighted by Gasteiger charge is -2.20. The van der Waals surface area contributed by atoms with Gasteiger partial charge in [-0.3, -0.25) is 14.6 Å². The highest BCUT2D eigenvalue weighted by Crippen LogP contribution is 2.43. The van der Waals surface area contributed by atoms with Gasteiger partial charge in [0, 0.05) is 83.2 Å². The van der Waals surface area contributed by atoms with Crippen LogP contribution in [0.25, 0.3) is 43.9 Å². The number of carbonyl (C=O) groups is 3. The normalized spacial score (nSPS) is 11.9. The van der Waals surface area contributed by atoms with Gasteiger partial charge < -0.3 is 34.9 Å². The van der Waals surface area contributed by atoms with Gasteiger partial charge in [0.2, 0.25) is 0 Å². The second kappa shape index (κ2) is 17.9. The summed E-state index contributed by atoms with van der Waals surface area (Å²) in [5.41, 5.74) is 14.3. The molecule has 2 aliphatic rings. The van der Waals surface area contributed by atoms with E-state index in [2.05, 4.69) is 31.0 Å². The second-order valence-corrected chi connectivity index (χ2v) is 12.3. The molecule has 5 rings (SSSR count). The summed E-state index contributed by atoms with van der Waals surface area (Å²) in [7, 11) is 0. The molecular weight excluding hydrogens is 690 g/mol. The second-order valence-electron chi connectivity index (χ2n) is 12.3. The fraction of sp³-hybridized carbons (Fsp3) is 0.300. The highest BCUT2D eigenvalue weighted by Gasteiger charge is 2.24. The molecule has 0 fully saturated rings. The zero-order chi connectivity index (χ0) is 38.8. The molecule has 1 unspecified atom stereocenters. The van der Waals surface area contributed by atoms with Crippen LogP contribution in [0.3, 0.4) is 0 Å². The number of aryl methyl sites for hydroxylation is 2. The van der Waals surface area contributed by atoms with E-state index in [0.717, 1.165) is 22.2 Å². The molecule has 0 saturated heterocycles. The molecule has 0 saturated carbocycles. The van der Waals surface area contributed by atoms with Crippen molar-refractivity contribution in [2.75, 3.05) is 44.7 Å². The number of rotatable bonds is 16. The van der Waals surface area contributed by atoms with Crippen molar-refractivity contribution in [2.24, 2.45) is 10.1 Å². The number of benzene rings is 4. The van der Waals surface area contributed by atoms with Gasteiger partial charge in [-0.05, 0) is 105 Å². The van der Waals surface area contributed by atoms with Crippen LogP contribution in [0.15, 0.2) is 81.3 Å². The van der Waals surface area contributed by atoms with Crippen LogP contribution < -0.4 is 26.0 Å². The average molecular weight is 734 g/mol. The van der Waals surface area contributed by atoms with Crippen LogP contribution in [0.4, 0.5) is 5.69 Å². The first kappa shape index (κ1) is 38.9. The number of azide groups is 1. The van der Waals surface area contributed by atoms with Crippen LogP contribution in [-0.2, 0) is 4.74 Å². The topological polar surface area (TPSA) is 200 Å². The van der Waals surface area contributed by atoms with E-state index in [9.17, 15) is 19.5 Å². The number of hydrogen-bond acceptors (Lipinski definition) is 9. The maximum absolute atomic E-state index is 13.5. The molecule has 0 bridgehead atoms. The first-order chi connectivity index (χ1) is 26.1. The van der Waals surface area contributed by atoms with Gasteiger partial charge in [-0.1, -0.05) is 11.2 Å². The maximum atomic E-state index is 13.5. The van der Waals surface area contributed by atoms with Gasteiger partial charge in [-0.15, -0.1) is 0 Å². The Bertz CT molecular complexity index is 2280. The van der Waals surface area contributed by atoms with Gasteiger partial charge in [-0.2, -0.15) is 0 Å². The van der Waals surface area contributed by atoms with Gasteiger partial charge in [-0.25, -0.2) is 4.79 Å². The van der Waals surface area contributed by atoms with Crippen LogP contribution in [0.5, 0.6) is 5.75 Å². The van der Waals surface area contributed by atoms with Gasteiger partial charge in [0.25, 0.3) is 11.8 Å². The number of fused-ring (bicyclic) bond motifs is 2. The number of carboxylic acids is 1. The molecule has 1 aliphatic heterocycles. The Labute approximate surface area is 312 Å². The summed E-state index contributed by atoms with van der Waals surface area (Å²) in [5, 5.41) is 24.3. The summed E-state index contributed by atoms with van der Waals surface area (Å²) >= 11 is 0. The molecule has 2 amide bonds. The molecule has 280 valence electrons. The number of amides is 2. The minimum Gasteiger partial charge on any atom is -0.491 e. The van der Waals surface area contributed by atoms with Crippen molar-refractivity contribution < 1.29 is 33.4 Å². The summed E-state index contributed by atoms with van der Waals surface area (Å²) in [6.07, 6.45) is -0.806. The molecular formula is C40H43N7O7. The number of nitrogens with one attached hydrogen (secondary N) is 3. The van der Waals surface area contributed by atoms with E-state index < -0.39 is 18.1 Å². The lowest BCUT2D eigenvalue weighted by molar-refractivity contribution is 0.0324. The van der Waals surface area contributed by atoms with Crippen molar-refractivity contribution in [1.82, 2.24) is 10.6 Å². The Morgan fingerprint density at radius 3 is 2.31 bits per heavy atom. The minimum atomic E-state index is -1.14. The number of hydrogen-bond donors (Lipinski definition) is 4. The predicted octanol–water partition coefficient (Wildman–Crippen LogP) is 7.08. The molecule has 0 radical (unpaired) electrons. The quantitative estimate of drug-likeness (QED) is 0.0271. The zero-order valence-electron chi connectivity index (χ0n) is 30.9. The van der Waals surface area contributed by atoms with E-state index in [0.29, 0.717) is 64.4 Å². The van der Waals surface area contributed by atoms with Crippen molar-refractivity contribution >= 4 is 34.4 Å². The molecule has 14 nitrogen and oxygen atoms in total. The molecule has 4 N–H and O–H groups in total. The van der Waals surface area contributed by atoms with Crippen molar-refractivity contribution in [3.63, 3.8) is 0 Å². The summed E-state index contributed by atoms with van der Waals surface area (Å²) in [4.78, 5) is 46.4. The smallest absolute Gasteiger partial charge is 0.336 e. The number of nitrogens with zero attached hydrogens (tertiary/aromatic N) is 4. The van der Waals surface area contributed by atoms with Gasteiger partial charge >= 0.3 is 5.97 Å². The zero-order valence-corrected chi connectivity index (χ0v) is 30.9. The summed E-state index contributed by atoms with van der Waals surface area (Å²) < 4.78 is 17.4. The van der Waals surface area contributed by atoms with Gasteiger partial charge in [0.15, 0.2) is 6.23 Å². The highest BCUT2D eigenvalue weighted by atomic mass is 16.5. The SMILES string of the molecule is CCN=c1cc2oc3cc(NCC)c(C)cc3c(-c3cc(C(=O)NCCNC(=O)c4cccc(OCC(N=[N+]=[N-])OCC)c4)ccc3C(=O)O)c-2cc1C. The average Bonchev–Trinajstić information content (AvgIpc) is 3.15. The van der Waals surface area contributed by atoms with Crippen LogP contribution in [-0.4, -0.2) is 68.5 Å². The Balaban J connectivity index is 1.40. The fourth-order valence-electron chi connectivity index (χ4n) is 6.09. The van der Waals surface area contributed by atoms with Crippen molar-refractivity contribution in [3.8, 4) is 28.2 Å². The van der Waals surface area contributed by atoms with Crippen LogP contribution in [0, 0.1) is 13.8 Å². The van der Waals surface area contributed by atoms with E-state index in [1.54, 1.807) is 37.3 Å². The standard InChI is InChI=1S/C40H43N7O7/c1-6-42-32-20-34-30(16-23(32)4)37(31-17-24(5)33(43-7-2)21-35(31)54-34)29-19-26(12-13-28(29)40(50)51)39(49)45-15-14-44-38(48)25-10-9-11-27(18-25)53-22-36(46-47-41)52-8-3/h9-13,16-21,36,42H,6-8,14-15,22H2,1-5H3,(H,44,48)(H,45,49)(H,50,51). The van der Waals surface area contributed by atoms with Crippen LogP contribution >= 0.6 is 0 Å². The first-order valence-electron chi connectivity index (χ1n) is 17.7. The monoisotopic (exact) mass is 733 g/mol. The van der Waals surface area contributed by atoms with Gasteiger partial charge in [0.05, 0.1) is 10.9 Å². The van der Waals surface area contributed by atoms with Crippen molar-refractivity contribution in [1.29, 1.82) is 0 Å².